The molecule has 3 rings (SSSR count). The highest BCUT2D eigenvalue weighted by Gasteiger charge is 2.10. The molecular weight excluding hydrogens is 272 g/mol. The highest BCUT2D eigenvalue weighted by atomic mass is 32.2. The molecule has 0 unspecified atom stereocenters. The fraction of sp³-hybridized carbons (Fsp3) is 0.429. The van der Waals surface area contributed by atoms with Gasteiger partial charge in [-0.25, -0.2) is 9.67 Å². The van der Waals surface area contributed by atoms with Gasteiger partial charge in [-0.15, -0.1) is 5.10 Å². The first-order chi connectivity index (χ1) is 9.92. The Balaban J connectivity index is 1.50. The number of para-hydroxylation sites is 1. The Kier molecular flexibility index (Phi) is 4.68. The first-order valence-electron chi connectivity index (χ1n) is 6.82. The third-order valence-corrected chi connectivity index (χ3v) is 4.07. The fourth-order valence-electron chi connectivity index (χ4n) is 2.11. The van der Waals surface area contributed by atoms with Crippen molar-refractivity contribution in [3.05, 3.63) is 36.7 Å². The van der Waals surface area contributed by atoms with Crippen LogP contribution in [0.25, 0.3) is 5.69 Å². The average molecular weight is 290 g/mol. The number of nitrogens with zero attached hydrogens (tertiary/aromatic N) is 4. The fourth-order valence-corrected chi connectivity index (χ4v) is 2.91. The number of aromatic nitrogens is 3. The Morgan fingerprint density at radius 1 is 1.15 bits per heavy atom. The first kappa shape index (κ1) is 13.6. The molecule has 1 aliphatic rings. The van der Waals surface area contributed by atoms with Crippen molar-refractivity contribution in [3.8, 4) is 5.69 Å². The Bertz CT molecular complexity index is 525. The molecule has 6 heteroatoms. The predicted octanol–water partition coefficient (Wildman–Crippen LogP) is 1.69. The molecule has 0 aliphatic carbocycles. The Morgan fingerprint density at radius 2 is 1.95 bits per heavy atom. The number of rotatable bonds is 5. The lowest BCUT2D eigenvalue weighted by Gasteiger charge is -2.25. The number of benzene rings is 1. The molecule has 0 radical (unpaired) electrons. The molecule has 0 saturated carbocycles. The monoisotopic (exact) mass is 290 g/mol. The summed E-state index contributed by atoms with van der Waals surface area (Å²) in [4.78, 5) is 6.77. The van der Waals surface area contributed by atoms with Gasteiger partial charge in [0.05, 0.1) is 18.9 Å². The third-order valence-electron chi connectivity index (χ3n) is 3.23. The molecule has 0 N–H and O–H groups in total. The van der Waals surface area contributed by atoms with Gasteiger partial charge in [-0.2, -0.15) is 0 Å². The summed E-state index contributed by atoms with van der Waals surface area (Å²) in [5.41, 5.74) is 1.04. The molecule has 2 aromatic rings. The second-order valence-electron chi connectivity index (χ2n) is 4.61. The van der Waals surface area contributed by atoms with Crippen molar-refractivity contribution < 1.29 is 4.74 Å². The van der Waals surface area contributed by atoms with E-state index in [9.17, 15) is 0 Å². The summed E-state index contributed by atoms with van der Waals surface area (Å²) in [6.45, 7) is 4.84. The van der Waals surface area contributed by atoms with Crippen molar-refractivity contribution in [1.29, 1.82) is 0 Å². The molecule has 1 saturated heterocycles. The van der Waals surface area contributed by atoms with E-state index in [0.29, 0.717) is 0 Å². The van der Waals surface area contributed by atoms with Gasteiger partial charge >= 0.3 is 0 Å². The lowest BCUT2D eigenvalue weighted by atomic mass is 10.3. The van der Waals surface area contributed by atoms with Gasteiger partial charge in [-0.3, -0.25) is 4.90 Å². The summed E-state index contributed by atoms with van der Waals surface area (Å²) >= 11 is 1.70. The molecule has 0 atom stereocenters. The Morgan fingerprint density at radius 3 is 2.75 bits per heavy atom. The van der Waals surface area contributed by atoms with Crippen LogP contribution in [0.4, 0.5) is 0 Å². The molecule has 0 bridgehead atoms. The smallest absolute Gasteiger partial charge is 0.208 e. The summed E-state index contributed by atoms with van der Waals surface area (Å²) in [6, 6.07) is 10.1. The van der Waals surface area contributed by atoms with Gasteiger partial charge in [0, 0.05) is 25.4 Å². The second-order valence-corrected chi connectivity index (χ2v) is 5.67. The maximum absolute atomic E-state index is 5.34. The predicted molar refractivity (Wildman–Crippen MR) is 79.3 cm³/mol. The largest absolute Gasteiger partial charge is 0.379 e. The van der Waals surface area contributed by atoms with Crippen LogP contribution in [0, 0.1) is 0 Å². The SMILES string of the molecule is c1ccc(-n2cnc(SCCN3CCOCC3)n2)cc1. The molecule has 1 aromatic heterocycles. The van der Waals surface area contributed by atoms with E-state index >= 15 is 0 Å². The summed E-state index contributed by atoms with van der Waals surface area (Å²) in [6.07, 6.45) is 1.77. The molecular formula is C14H18N4OS. The van der Waals surface area contributed by atoms with Crippen LogP contribution < -0.4 is 0 Å². The summed E-state index contributed by atoms with van der Waals surface area (Å²) < 4.78 is 7.16. The highest BCUT2D eigenvalue weighted by molar-refractivity contribution is 7.99. The Hall–Kier alpha value is -1.37. The summed E-state index contributed by atoms with van der Waals surface area (Å²) in [7, 11) is 0. The molecule has 106 valence electrons. The number of ether oxygens (including phenoxy) is 1. The molecule has 1 fully saturated rings. The van der Waals surface area contributed by atoms with Crippen molar-refractivity contribution in [1.82, 2.24) is 19.7 Å². The van der Waals surface area contributed by atoms with E-state index in [1.54, 1.807) is 18.1 Å². The van der Waals surface area contributed by atoms with Gasteiger partial charge in [-0.1, -0.05) is 30.0 Å². The van der Waals surface area contributed by atoms with Crippen LogP contribution in [0.5, 0.6) is 0 Å². The van der Waals surface area contributed by atoms with Crippen LogP contribution in [-0.2, 0) is 4.74 Å². The average Bonchev–Trinajstić information content (AvgIpc) is 2.98. The molecule has 0 amide bonds. The van der Waals surface area contributed by atoms with Crippen molar-refractivity contribution in [2.24, 2.45) is 0 Å². The summed E-state index contributed by atoms with van der Waals surface area (Å²) in [5, 5.41) is 5.32. The number of thioether (sulfide) groups is 1. The van der Waals surface area contributed by atoms with E-state index in [0.717, 1.165) is 49.4 Å². The van der Waals surface area contributed by atoms with E-state index in [1.165, 1.54) is 0 Å². The molecule has 1 aliphatic heterocycles. The van der Waals surface area contributed by atoms with Gasteiger partial charge in [0.25, 0.3) is 0 Å². The van der Waals surface area contributed by atoms with E-state index in [-0.39, 0.29) is 0 Å². The number of morpholine rings is 1. The number of hydrogen-bond donors (Lipinski definition) is 0. The van der Waals surface area contributed by atoms with Gasteiger partial charge in [0.1, 0.15) is 6.33 Å². The van der Waals surface area contributed by atoms with E-state index in [4.69, 9.17) is 4.74 Å². The molecule has 1 aromatic carbocycles. The van der Waals surface area contributed by atoms with E-state index in [2.05, 4.69) is 15.0 Å². The molecule has 2 heterocycles. The van der Waals surface area contributed by atoms with Gasteiger partial charge in [-0.05, 0) is 12.1 Å². The van der Waals surface area contributed by atoms with Crippen molar-refractivity contribution in [2.75, 3.05) is 38.6 Å². The zero-order valence-electron chi connectivity index (χ0n) is 11.3. The maximum Gasteiger partial charge on any atom is 0.208 e. The standard InChI is InChI=1S/C14H18N4OS/c1-2-4-13(5-3-1)18-12-15-14(16-18)20-11-8-17-6-9-19-10-7-17/h1-5,12H,6-11H2. The minimum absolute atomic E-state index is 0.835. The zero-order chi connectivity index (χ0) is 13.6. The molecule has 0 spiro atoms. The minimum atomic E-state index is 0.835. The Labute approximate surface area is 122 Å². The normalized spacial score (nSPS) is 16.4. The van der Waals surface area contributed by atoms with E-state index < -0.39 is 0 Å². The van der Waals surface area contributed by atoms with Gasteiger partial charge in [0.15, 0.2) is 0 Å². The highest BCUT2D eigenvalue weighted by Crippen LogP contribution is 2.14. The van der Waals surface area contributed by atoms with Crippen LogP contribution >= 0.6 is 11.8 Å². The topological polar surface area (TPSA) is 43.2 Å². The van der Waals surface area contributed by atoms with Crippen LogP contribution in [0.2, 0.25) is 0 Å². The van der Waals surface area contributed by atoms with Crippen molar-refractivity contribution in [3.63, 3.8) is 0 Å². The third kappa shape index (κ3) is 3.59. The van der Waals surface area contributed by atoms with Crippen LogP contribution in [0.15, 0.2) is 41.8 Å². The van der Waals surface area contributed by atoms with Crippen LogP contribution in [-0.4, -0.2) is 58.3 Å². The van der Waals surface area contributed by atoms with E-state index in [1.807, 2.05) is 35.0 Å². The lowest BCUT2D eigenvalue weighted by Crippen LogP contribution is -2.37. The van der Waals surface area contributed by atoms with Gasteiger partial charge in [0.2, 0.25) is 5.16 Å². The quantitative estimate of drug-likeness (QED) is 0.784. The number of hydrogen-bond acceptors (Lipinski definition) is 5. The van der Waals surface area contributed by atoms with Crippen LogP contribution in [0.3, 0.4) is 0 Å². The summed E-state index contributed by atoms with van der Waals surface area (Å²) in [5.74, 6) is 1.01. The zero-order valence-corrected chi connectivity index (χ0v) is 12.1. The minimum Gasteiger partial charge on any atom is -0.379 e. The van der Waals surface area contributed by atoms with Crippen molar-refractivity contribution in [2.45, 2.75) is 5.16 Å². The van der Waals surface area contributed by atoms with Crippen LogP contribution in [0.1, 0.15) is 0 Å². The first-order valence-corrected chi connectivity index (χ1v) is 7.80. The van der Waals surface area contributed by atoms with Crippen molar-refractivity contribution >= 4 is 11.8 Å². The molecule has 5 nitrogen and oxygen atoms in total. The second kappa shape index (κ2) is 6.88. The maximum atomic E-state index is 5.34. The lowest BCUT2D eigenvalue weighted by molar-refractivity contribution is 0.0410. The molecule has 20 heavy (non-hydrogen) atoms. The van der Waals surface area contributed by atoms with Gasteiger partial charge < -0.3 is 4.74 Å².